The number of nitrogens with one attached hydrogen (secondary N) is 1. The molecule has 0 saturated heterocycles. The molecule has 7 heteroatoms. The molecule has 0 aliphatic heterocycles. The Morgan fingerprint density at radius 2 is 2.20 bits per heavy atom. The molecule has 1 amide bonds. The molecule has 0 unspecified atom stereocenters. The Labute approximate surface area is 120 Å². The van der Waals surface area contributed by atoms with E-state index in [0.29, 0.717) is 11.5 Å². The van der Waals surface area contributed by atoms with Crippen LogP contribution >= 0.6 is 11.6 Å². The van der Waals surface area contributed by atoms with Crippen molar-refractivity contribution >= 4 is 29.0 Å². The summed E-state index contributed by atoms with van der Waals surface area (Å²) in [6, 6.07) is 3.88. The molecule has 1 aliphatic carbocycles. The number of hydrogen-bond donors (Lipinski definition) is 2. The lowest BCUT2D eigenvalue weighted by atomic mass is 10.2. The summed E-state index contributed by atoms with van der Waals surface area (Å²) in [6.45, 7) is 0. The largest absolute Gasteiger partial charge is 0.364 e. The lowest BCUT2D eigenvalue weighted by Gasteiger charge is -2.10. The maximum absolute atomic E-state index is 11.4. The fourth-order valence-corrected chi connectivity index (χ4v) is 2.45. The Hall–Kier alpha value is -2.21. The van der Waals surface area contributed by atoms with E-state index in [1.807, 2.05) is 12.1 Å². The number of nitrogens with zero attached hydrogens (tertiary/aromatic N) is 3. The first-order valence-corrected chi connectivity index (χ1v) is 6.60. The highest BCUT2D eigenvalue weighted by Crippen LogP contribution is 2.28. The molecule has 0 radical (unpaired) electrons. The van der Waals surface area contributed by atoms with Gasteiger partial charge in [0.2, 0.25) is 0 Å². The normalized spacial score (nSPS) is 13.1. The summed E-state index contributed by atoms with van der Waals surface area (Å²) in [5, 5.41) is 10.6. The van der Waals surface area contributed by atoms with Crippen LogP contribution in [-0.4, -0.2) is 21.1 Å². The predicted octanol–water partition coefficient (Wildman–Crippen LogP) is 1.86. The third-order valence-corrected chi connectivity index (χ3v) is 3.51. The fourth-order valence-electron chi connectivity index (χ4n) is 2.27. The zero-order valence-corrected chi connectivity index (χ0v) is 11.3. The van der Waals surface area contributed by atoms with Crippen molar-refractivity contribution in [3.63, 3.8) is 0 Å². The monoisotopic (exact) mass is 289 g/mol. The highest BCUT2D eigenvalue weighted by atomic mass is 35.5. The van der Waals surface area contributed by atoms with Crippen molar-refractivity contribution in [1.82, 2.24) is 15.2 Å². The van der Waals surface area contributed by atoms with Crippen LogP contribution in [0.15, 0.2) is 18.3 Å². The number of carbonyl (C=O) groups is 1. The molecule has 0 bridgehead atoms. The zero-order valence-electron chi connectivity index (χ0n) is 10.6. The Bertz CT molecular complexity index is 688. The van der Waals surface area contributed by atoms with Gasteiger partial charge in [-0.3, -0.25) is 4.79 Å². The van der Waals surface area contributed by atoms with Gasteiger partial charge in [0.25, 0.3) is 5.91 Å². The van der Waals surface area contributed by atoms with Gasteiger partial charge in [-0.25, -0.2) is 4.98 Å². The first kappa shape index (κ1) is 12.8. The maximum atomic E-state index is 11.4. The molecule has 0 saturated carbocycles. The fraction of sp³-hybridized carbons (Fsp3) is 0.231. The molecule has 3 rings (SSSR count). The summed E-state index contributed by atoms with van der Waals surface area (Å²) in [4.78, 5) is 15.9. The molecule has 0 spiro atoms. The molecule has 6 nitrogen and oxygen atoms in total. The van der Waals surface area contributed by atoms with E-state index in [0.717, 1.165) is 25.0 Å². The third-order valence-electron chi connectivity index (χ3n) is 3.22. The Morgan fingerprint density at radius 1 is 1.35 bits per heavy atom. The van der Waals surface area contributed by atoms with Crippen LogP contribution in [0.2, 0.25) is 5.02 Å². The summed E-state index contributed by atoms with van der Waals surface area (Å²) in [5.41, 5.74) is 7.95. The van der Waals surface area contributed by atoms with E-state index in [9.17, 15) is 4.79 Å². The van der Waals surface area contributed by atoms with Gasteiger partial charge in [-0.2, -0.15) is 5.10 Å². The van der Waals surface area contributed by atoms with Crippen molar-refractivity contribution in [2.24, 2.45) is 5.73 Å². The molecule has 2 aromatic heterocycles. The number of carbonyl (C=O) groups excluding carboxylic acids is 1. The second kappa shape index (κ2) is 5.05. The van der Waals surface area contributed by atoms with Crippen molar-refractivity contribution in [2.75, 3.05) is 5.32 Å². The van der Waals surface area contributed by atoms with Crippen LogP contribution in [0.4, 0.5) is 11.5 Å². The lowest BCUT2D eigenvalue weighted by Crippen LogP contribution is -2.16. The highest BCUT2D eigenvalue weighted by molar-refractivity contribution is 6.34. The lowest BCUT2D eigenvalue weighted by molar-refractivity contribution is 0.0995. The van der Waals surface area contributed by atoms with Crippen LogP contribution in [0.3, 0.4) is 0 Å². The Morgan fingerprint density at radius 3 is 3.00 bits per heavy atom. The average Bonchev–Trinajstić information content (AvgIpc) is 2.88. The van der Waals surface area contributed by atoms with Gasteiger partial charge in [0.1, 0.15) is 5.82 Å². The van der Waals surface area contributed by atoms with E-state index in [1.165, 1.54) is 11.8 Å². The minimum atomic E-state index is -0.691. The summed E-state index contributed by atoms with van der Waals surface area (Å²) in [7, 11) is 0. The molecular weight excluding hydrogens is 278 g/mol. The van der Waals surface area contributed by atoms with E-state index >= 15 is 0 Å². The third kappa shape index (κ3) is 2.30. The van der Waals surface area contributed by atoms with E-state index in [4.69, 9.17) is 17.3 Å². The van der Waals surface area contributed by atoms with Crippen molar-refractivity contribution in [1.29, 1.82) is 0 Å². The van der Waals surface area contributed by atoms with E-state index in [-0.39, 0.29) is 10.7 Å². The van der Waals surface area contributed by atoms with Gasteiger partial charge in [-0.1, -0.05) is 17.7 Å². The minimum absolute atomic E-state index is 0.000187. The smallest absolute Gasteiger partial charge is 0.271 e. The molecule has 0 aromatic carbocycles. The maximum Gasteiger partial charge on any atom is 0.271 e. The molecule has 0 atom stereocenters. The van der Waals surface area contributed by atoms with Crippen LogP contribution in [0, 0.1) is 0 Å². The van der Waals surface area contributed by atoms with Crippen molar-refractivity contribution in [3.8, 4) is 0 Å². The highest BCUT2D eigenvalue weighted by Gasteiger charge is 2.17. The standard InChI is InChI=1S/C13H12ClN5O/c14-8-6-16-19-12(13(15)20)11(8)18-10-5-4-7-2-1-3-9(7)17-10/h4-6H,1-3H2,(H2,15,20)(H,16,17,18). The Kier molecular flexibility index (Phi) is 3.23. The van der Waals surface area contributed by atoms with Crippen molar-refractivity contribution < 1.29 is 4.79 Å². The SMILES string of the molecule is NC(=O)c1nncc(Cl)c1Nc1ccc2c(n1)CCC2. The molecule has 2 heterocycles. The quantitative estimate of drug-likeness (QED) is 0.899. The molecule has 20 heavy (non-hydrogen) atoms. The minimum Gasteiger partial charge on any atom is -0.364 e. The molecular formula is C13H12ClN5O. The Balaban J connectivity index is 1.97. The summed E-state index contributed by atoms with van der Waals surface area (Å²) < 4.78 is 0. The number of hydrogen-bond acceptors (Lipinski definition) is 5. The van der Waals surface area contributed by atoms with Crippen LogP contribution in [0.25, 0.3) is 0 Å². The number of fused-ring (bicyclic) bond motifs is 1. The number of amides is 1. The summed E-state index contributed by atoms with van der Waals surface area (Å²) in [5.74, 6) is -0.0771. The number of primary amides is 1. The number of halogens is 1. The van der Waals surface area contributed by atoms with Gasteiger partial charge in [0.15, 0.2) is 5.69 Å². The van der Waals surface area contributed by atoms with Crippen molar-refractivity contribution in [3.05, 3.63) is 40.3 Å². The number of pyridine rings is 1. The first-order valence-electron chi connectivity index (χ1n) is 6.22. The average molecular weight is 290 g/mol. The topological polar surface area (TPSA) is 93.8 Å². The summed E-state index contributed by atoms with van der Waals surface area (Å²) in [6.07, 6.45) is 4.50. The molecule has 102 valence electrons. The van der Waals surface area contributed by atoms with E-state index in [2.05, 4.69) is 20.5 Å². The van der Waals surface area contributed by atoms with Crippen LogP contribution in [-0.2, 0) is 12.8 Å². The van der Waals surface area contributed by atoms with Gasteiger partial charge >= 0.3 is 0 Å². The zero-order chi connectivity index (χ0) is 14.1. The molecule has 1 aliphatic rings. The number of aromatic nitrogens is 3. The molecule has 0 fully saturated rings. The van der Waals surface area contributed by atoms with Crippen LogP contribution in [0.5, 0.6) is 0 Å². The van der Waals surface area contributed by atoms with Gasteiger partial charge in [0, 0.05) is 5.69 Å². The molecule has 3 N–H and O–H groups in total. The van der Waals surface area contributed by atoms with Crippen molar-refractivity contribution in [2.45, 2.75) is 19.3 Å². The number of aryl methyl sites for hydroxylation is 2. The van der Waals surface area contributed by atoms with Gasteiger partial charge < -0.3 is 11.1 Å². The van der Waals surface area contributed by atoms with Gasteiger partial charge in [0.05, 0.1) is 16.9 Å². The molecule has 2 aromatic rings. The number of rotatable bonds is 3. The van der Waals surface area contributed by atoms with Gasteiger partial charge in [-0.15, -0.1) is 5.10 Å². The van der Waals surface area contributed by atoms with Crippen LogP contribution < -0.4 is 11.1 Å². The first-order chi connectivity index (χ1) is 9.65. The predicted molar refractivity (Wildman–Crippen MR) is 75.1 cm³/mol. The second-order valence-electron chi connectivity index (χ2n) is 4.56. The van der Waals surface area contributed by atoms with E-state index < -0.39 is 5.91 Å². The second-order valence-corrected chi connectivity index (χ2v) is 4.97. The number of anilines is 2. The summed E-state index contributed by atoms with van der Waals surface area (Å²) >= 11 is 6.04. The van der Waals surface area contributed by atoms with Crippen LogP contribution in [0.1, 0.15) is 28.2 Å². The number of nitrogens with two attached hydrogens (primary N) is 1. The van der Waals surface area contributed by atoms with Gasteiger partial charge in [-0.05, 0) is 30.9 Å². The van der Waals surface area contributed by atoms with E-state index in [1.54, 1.807) is 0 Å².